The molecule has 0 N–H and O–H groups in total. The van der Waals surface area contributed by atoms with E-state index < -0.39 is 0 Å². The van der Waals surface area contributed by atoms with Gasteiger partial charge in [-0.25, -0.2) is 0 Å². The first-order valence-corrected chi connectivity index (χ1v) is 15.6. The summed E-state index contributed by atoms with van der Waals surface area (Å²) in [5.74, 6) is -0.00402. The van der Waals surface area contributed by atoms with Gasteiger partial charge in [0.15, 0.2) is 0 Å². The number of hydrogen-bond acceptors (Lipinski definition) is 6. The summed E-state index contributed by atoms with van der Waals surface area (Å²) in [7, 11) is 0. The third kappa shape index (κ3) is 6.94. The number of carbonyl (C=O) groups is 3. The number of rotatable bonds is 8. The van der Waals surface area contributed by atoms with Crippen molar-refractivity contribution in [3.8, 4) is 0 Å². The number of esters is 3. The van der Waals surface area contributed by atoms with Crippen LogP contribution in [0.4, 0.5) is 0 Å². The molecule has 0 amide bonds. The van der Waals surface area contributed by atoms with E-state index in [0.29, 0.717) is 18.3 Å². The highest BCUT2D eigenvalue weighted by Crippen LogP contribution is 2.70. The number of fused-ring (bicyclic) bond motifs is 3. The molecule has 3 saturated carbocycles. The van der Waals surface area contributed by atoms with Gasteiger partial charge in [-0.05, 0) is 99.2 Å². The third-order valence-corrected chi connectivity index (χ3v) is 10.7. The van der Waals surface area contributed by atoms with Crippen LogP contribution in [0.25, 0.3) is 0 Å². The number of hydrogen-bond donors (Lipinski definition) is 0. The molecule has 3 fully saturated rings. The van der Waals surface area contributed by atoms with Crippen LogP contribution in [0.1, 0.15) is 115 Å². The van der Waals surface area contributed by atoms with Crippen LogP contribution in [0.3, 0.4) is 0 Å². The predicted molar refractivity (Wildman–Crippen MR) is 166 cm³/mol. The second-order valence-corrected chi connectivity index (χ2v) is 14.3. The molecule has 0 saturated heterocycles. The molecule has 3 aliphatic rings. The Labute approximate surface area is 254 Å². The fourth-order valence-electron chi connectivity index (χ4n) is 8.91. The van der Waals surface area contributed by atoms with E-state index in [9.17, 15) is 14.4 Å². The Bertz CT molecular complexity index is 1180. The summed E-state index contributed by atoms with van der Waals surface area (Å²) >= 11 is 0. The van der Waals surface area contributed by atoms with Gasteiger partial charge in [-0.3, -0.25) is 14.4 Å². The predicted octanol–water partition coefficient (Wildman–Crippen LogP) is 8.22. The monoisotopic (exact) mass is 582 g/mol. The van der Waals surface area contributed by atoms with Crippen LogP contribution in [0.2, 0.25) is 0 Å². The van der Waals surface area contributed by atoms with Crippen LogP contribution in [-0.2, 0) is 28.6 Å². The molecule has 0 aromatic carbocycles. The first-order chi connectivity index (χ1) is 19.4. The van der Waals surface area contributed by atoms with E-state index in [1.165, 1.54) is 31.9 Å². The molecule has 0 heterocycles. The Balaban J connectivity index is 1.97. The molecule has 42 heavy (non-hydrogen) atoms. The molecule has 7 atom stereocenters. The summed E-state index contributed by atoms with van der Waals surface area (Å²) in [4.78, 5) is 35.9. The van der Waals surface area contributed by atoms with Crippen LogP contribution < -0.4 is 0 Å². The average Bonchev–Trinajstić information content (AvgIpc) is 3.15. The zero-order chi connectivity index (χ0) is 31.6. The van der Waals surface area contributed by atoms with Crippen LogP contribution >= 0.6 is 0 Å². The standard InChI is InChI=1S/C36H54O6/c1-22(2)15-16-28(40-25(5)37)23(3)13-12-14-24(4)33-29(41-26(6)38)21-31-35(10)20-18-32(42-27(7)39)34(8,9)30(35)17-19-36(31,33)11/h12-15,28-32H,16-21H2,1-11H3. The summed E-state index contributed by atoms with van der Waals surface area (Å²) in [5, 5.41) is 0. The van der Waals surface area contributed by atoms with Gasteiger partial charge < -0.3 is 14.2 Å². The van der Waals surface area contributed by atoms with Gasteiger partial charge in [0, 0.05) is 32.6 Å². The molecule has 3 aliphatic carbocycles. The highest BCUT2D eigenvalue weighted by molar-refractivity contribution is 5.67. The minimum absolute atomic E-state index is 0.0377. The highest BCUT2D eigenvalue weighted by atomic mass is 16.6. The average molecular weight is 583 g/mol. The van der Waals surface area contributed by atoms with Gasteiger partial charge in [-0.15, -0.1) is 0 Å². The zero-order valence-electron chi connectivity index (χ0n) is 27.9. The zero-order valence-corrected chi connectivity index (χ0v) is 27.9. The Morgan fingerprint density at radius 3 is 2.07 bits per heavy atom. The third-order valence-electron chi connectivity index (χ3n) is 10.7. The number of ether oxygens (including phenoxy) is 3. The molecular formula is C36H54O6. The second-order valence-electron chi connectivity index (χ2n) is 14.3. The SMILES string of the molecule is CC(=O)OC(CC=C(C)C)C(C)=CC=CC(C)=C1C(OC(C)=O)CC2C1(C)CCC1C(C)(C)C(OC(C)=O)CCC21C. The molecule has 0 radical (unpaired) electrons. The van der Waals surface area contributed by atoms with E-state index in [2.05, 4.69) is 46.8 Å². The van der Waals surface area contributed by atoms with Gasteiger partial charge in [0.1, 0.15) is 18.3 Å². The normalized spacial score (nSPS) is 34.1. The molecule has 234 valence electrons. The number of carbonyl (C=O) groups excluding carboxylic acids is 3. The van der Waals surface area contributed by atoms with E-state index in [1.54, 1.807) is 0 Å². The van der Waals surface area contributed by atoms with E-state index in [1.807, 2.05) is 32.9 Å². The molecule has 6 nitrogen and oxygen atoms in total. The van der Waals surface area contributed by atoms with Gasteiger partial charge in [0.25, 0.3) is 0 Å². The van der Waals surface area contributed by atoms with Gasteiger partial charge in [-0.1, -0.05) is 57.6 Å². The van der Waals surface area contributed by atoms with Gasteiger partial charge in [-0.2, -0.15) is 0 Å². The second kappa shape index (κ2) is 12.9. The molecular weight excluding hydrogens is 528 g/mol. The van der Waals surface area contributed by atoms with Crippen molar-refractivity contribution in [1.29, 1.82) is 0 Å². The van der Waals surface area contributed by atoms with Gasteiger partial charge in [0.2, 0.25) is 0 Å². The summed E-state index contributed by atoms with van der Waals surface area (Å²) in [5.41, 5.74) is 4.31. The maximum Gasteiger partial charge on any atom is 0.303 e. The van der Waals surface area contributed by atoms with Crippen LogP contribution in [0.5, 0.6) is 0 Å². The molecule has 0 bridgehead atoms. The molecule has 6 heteroatoms. The summed E-state index contributed by atoms with van der Waals surface area (Å²) in [6.07, 6.45) is 12.9. The largest absolute Gasteiger partial charge is 0.462 e. The molecule has 0 aromatic rings. The van der Waals surface area contributed by atoms with E-state index in [0.717, 1.165) is 43.3 Å². The quantitative estimate of drug-likeness (QED) is 0.124. The maximum atomic E-state index is 12.3. The van der Waals surface area contributed by atoms with Crippen molar-refractivity contribution in [1.82, 2.24) is 0 Å². The highest BCUT2D eigenvalue weighted by Gasteiger charge is 2.65. The van der Waals surface area contributed by atoms with E-state index in [4.69, 9.17) is 14.2 Å². The minimum atomic E-state index is -0.308. The lowest BCUT2D eigenvalue weighted by Crippen LogP contribution is -2.58. The first kappa shape index (κ1) is 33.9. The topological polar surface area (TPSA) is 78.9 Å². The van der Waals surface area contributed by atoms with Crippen LogP contribution in [0.15, 0.2) is 46.6 Å². The summed E-state index contributed by atoms with van der Waals surface area (Å²) in [6.45, 7) is 22.0. The lowest BCUT2D eigenvalue weighted by atomic mass is 9.43. The fraction of sp³-hybridized carbons (Fsp3) is 0.694. The summed E-state index contributed by atoms with van der Waals surface area (Å²) < 4.78 is 17.5. The Morgan fingerprint density at radius 2 is 1.50 bits per heavy atom. The Kier molecular flexibility index (Phi) is 10.4. The Morgan fingerprint density at radius 1 is 0.857 bits per heavy atom. The Hall–Kier alpha value is -2.63. The fourth-order valence-corrected chi connectivity index (χ4v) is 8.91. The van der Waals surface area contributed by atoms with Crippen molar-refractivity contribution >= 4 is 17.9 Å². The smallest absolute Gasteiger partial charge is 0.303 e. The van der Waals surface area contributed by atoms with Crippen molar-refractivity contribution < 1.29 is 28.6 Å². The van der Waals surface area contributed by atoms with E-state index >= 15 is 0 Å². The lowest BCUT2D eigenvalue weighted by Gasteiger charge is -2.62. The van der Waals surface area contributed by atoms with Crippen molar-refractivity contribution in [2.75, 3.05) is 0 Å². The van der Waals surface area contributed by atoms with Crippen LogP contribution in [-0.4, -0.2) is 36.2 Å². The van der Waals surface area contributed by atoms with Crippen molar-refractivity contribution in [3.63, 3.8) is 0 Å². The van der Waals surface area contributed by atoms with E-state index in [-0.39, 0.29) is 52.5 Å². The number of allylic oxidation sites excluding steroid dienone is 5. The minimum Gasteiger partial charge on any atom is -0.462 e. The van der Waals surface area contributed by atoms with Gasteiger partial charge >= 0.3 is 17.9 Å². The first-order valence-electron chi connectivity index (χ1n) is 15.6. The lowest BCUT2D eigenvalue weighted by molar-refractivity contribution is -0.185. The van der Waals surface area contributed by atoms with Crippen LogP contribution in [0, 0.1) is 28.1 Å². The molecule has 3 rings (SSSR count). The van der Waals surface area contributed by atoms with Gasteiger partial charge in [0.05, 0.1) is 0 Å². The van der Waals surface area contributed by atoms with Crippen molar-refractivity contribution in [2.45, 2.75) is 133 Å². The molecule has 0 spiro atoms. The van der Waals surface area contributed by atoms with Crippen molar-refractivity contribution in [3.05, 3.63) is 46.6 Å². The molecule has 0 aromatic heterocycles. The maximum absolute atomic E-state index is 12.3. The molecule has 7 unspecified atom stereocenters. The van der Waals surface area contributed by atoms with Crippen molar-refractivity contribution in [2.24, 2.45) is 28.1 Å². The summed E-state index contributed by atoms with van der Waals surface area (Å²) in [6, 6.07) is 0. The molecule has 0 aliphatic heterocycles.